The van der Waals surface area contributed by atoms with E-state index in [-0.39, 0.29) is 0 Å². The molecule has 3 heteroatoms. The smallest absolute Gasteiger partial charge is 0.335 e. The van der Waals surface area contributed by atoms with Crippen molar-refractivity contribution in [3.05, 3.63) is 70.8 Å². The zero-order chi connectivity index (χ0) is 15.4. The highest BCUT2D eigenvalue weighted by Crippen LogP contribution is 2.23. The molecule has 21 heavy (non-hydrogen) atoms. The van der Waals surface area contributed by atoms with Gasteiger partial charge in [-0.25, -0.2) is 4.79 Å². The number of carboxylic acid groups (broad SMARTS) is 1. The minimum absolute atomic E-state index is 0.311. The van der Waals surface area contributed by atoms with Crippen molar-refractivity contribution in [3.8, 4) is 0 Å². The second kappa shape index (κ2) is 6.55. The Bertz CT molecular complexity index is 619. The molecule has 0 heterocycles. The van der Waals surface area contributed by atoms with E-state index in [2.05, 4.69) is 50.1 Å². The second-order valence-corrected chi connectivity index (χ2v) is 5.45. The van der Waals surface area contributed by atoms with Crippen molar-refractivity contribution >= 4 is 5.97 Å². The number of carboxylic acids is 1. The predicted molar refractivity (Wildman–Crippen MR) is 84.5 cm³/mol. The summed E-state index contributed by atoms with van der Waals surface area (Å²) in [4.78, 5) is 13.1. The van der Waals surface area contributed by atoms with Crippen LogP contribution in [0.1, 0.15) is 40.0 Å². The first-order valence-electron chi connectivity index (χ1n) is 7.07. The quantitative estimate of drug-likeness (QED) is 0.905. The maximum Gasteiger partial charge on any atom is 0.335 e. The summed E-state index contributed by atoms with van der Waals surface area (Å²) in [5, 5.41) is 8.91. The summed E-state index contributed by atoms with van der Waals surface area (Å²) in [5.74, 6) is -0.886. The van der Waals surface area contributed by atoms with Crippen LogP contribution in [0.25, 0.3) is 0 Å². The molecule has 0 aliphatic rings. The lowest BCUT2D eigenvalue weighted by atomic mass is 10.0. The number of aromatic carboxylic acids is 1. The van der Waals surface area contributed by atoms with Crippen molar-refractivity contribution in [1.29, 1.82) is 0 Å². The number of benzene rings is 2. The van der Waals surface area contributed by atoms with Crippen LogP contribution in [0.5, 0.6) is 0 Å². The van der Waals surface area contributed by atoms with Crippen molar-refractivity contribution in [1.82, 2.24) is 4.90 Å². The topological polar surface area (TPSA) is 40.5 Å². The third-order valence-electron chi connectivity index (χ3n) is 3.93. The molecule has 0 radical (unpaired) electrons. The highest BCUT2D eigenvalue weighted by molar-refractivity contribution is 5.87. The maximum absolute atomic E-state index is 10.9. The Hall–Kier alpha value is -2.13. The zero-order valence-electron chi connectivity index (χ0n) is 12.7. The molecular formula is C18H21NO2. The molecule has 0 saturated carbocycles. The molecule has 1 atom stereocenters. The highest BCUT2D eigenvalue weighted by Gasteiger charge is 2.13. The summed E-state index contributed by atoms with van der Waals surface area (Å²) in [7, 11) is 2.09. The van der Waals surface area contributed by atoms with Crippen LogP contribution < -0.4 is 0 Å². The molecule has 0 fully saturated rings. The van der Waals surface area contributed by atoms with Crippen LogP contribution in [-0.4, -0.2) is 23.0 Å². The zero-order valence-corrected chi connectivity index (χ0v) is 12.7. The van der Waals surface area contributed by atoms with Crippen molar-refractivity contribution in [3.63, 3.8) is 0 Å². The highest BCUT2D eigenvalue weighted by atomic mass is 16.4. The lowest BCUT2D eigenvalue weighted by molar-refractivity contribution is 0.0697. The van der Waals surface area contributed by atoms with E-state index in [9.17, 15) is 4.79 Å². The van der Waals surface area contributed by atoms with Gasteiger partial charge in [-0.05, 0) is 49.7 Å². The molecule has 110 valence electrons. The average molecular weight is 283 g/mol. The fourth-order valence-electron chi connectivity index (χ4n) is 2.47. The van der Waals surface area contributed by atoms with Crippen molar-refractivity contribution in [2.45, 2.75) is 26.4 Å². The monoisotopic (exact) mass is 283 g/mol. The van der Waals surface area contributed by atoms with E-state index in [1.807, 2.05) is 12.1 Å². The minimum Gasteiger partial charge on any atom is -0.478 e. The van der Waals surface area contributed by atoms with E-state index >= 15 is 0 Å². The van der Waals surface area contributed by atoms with Crippen LogP contribution in [0, 0.1) is 6.92 Å². The van der Waals surface area contributed by atoms with Crippen molar-refractivity contribution in [2.24, 2.45) is 0 Å². The number of carbonyl (C=O) groups is 1. The maximum atomic E-state index is 10.9. The number of hydrogen-bond donors (Lipinski definition) is 1. The molecule has 0 amide bonds. The van der Waals surface area contributed by atoms with Gasteiger partial charge in [-0.2, -0.15) is 0 Å². The average Bonchev–Trinajstić information content (AvgIpc) is 2.47. The van der Waals surface area contributed by atoms with Gasteiger partial charge in [0.15, 0.2) is 0 Å². The van der Waals surface area contributed by atoms with Gasteiger partial charge in [0.1, 0.15) is 0 Å². The molecule has 2 rings (SSSR count). The molecule has 0 aromatic heterocycles. The van der Waals surface area contributed by atoms with Gasteiger partial charge in [0.25, 0.3) is 0 Å². The fraction of sp³-hybridized carbons (Fsp3) is 0.278. The van der Waals surface area contributed by atoms with Crippen molar-refractivity contribution in [2.75, 3.05) is 7.05 Å². The molecule has 3 nitrogen and oxygen atoms in total. The van der Waals surface area contributed by atoms with Gasteiger partial charge in [0.05, 0.1) is 5.56 Å². The Labute approximate surface area is 125 Å². The van der Waals surface area contributed by atoms with E-state index in [0.29, 0.717) is 11.6 Å². The predicted octanol–water partition coefficient (Wildman–Crippen LogP) is 3.89. The van der Waals surface area contributed by atoms with E-state index < -0.39 is 5.97 Å². The molecule has 0 spiro atoms. The lowest BCUT2D eigenvalue weighted by Gasteiger charge is -2.26. The van der Waals surface area contributed by atoms with Gasteiger partial charge in [0, 0.05) is 12.6 Å². The Balaban J connectivity index is 2.08. The Morgan fingerprint density at radius 2 is 1.76 bits per heavy atom. The van der Waals surface area contributed by atoms with E-state index in [1.54, 1.807) is 12.1 Å². The van der Waals surface area contributed by atoms with Gasteiger partial charge < -0.3 is 5.11 Å². The number of rotatable bonds is 5. The molecule has 0 aliphatic carbocycles. The van der Waals surface area contributed by atoms with Gasteiger partial charge in [-0.1, -0.05) is 36.4 Å². The third kappa shape index (κ3) is 3.70. The normalized spacial score (nSPS) is 12.4. The van der Waals surface area contributed by atoms with E-state index in [4.69, 9.17) is 5.11 Å². The number of aryl methyl sites for hydroxylation is 1. The van der Waals surface area contributed by atoms with Crippen LogP contribution in [0.2, 0.25) is 0 Å². The number of hydrogen-bond acceptors (Lipinski definition) is 2. The first-order chi connectivity index (χ1) is 9.99. The van der Waals surface area contributed by atoms with Gasteiger partial charge >= 0.3 is 5.97 Å². The minimum atomic E-state index is -0.886. The SMILES string of the molecule is Cc1ccccc1C(C)N(C)Cc1ccc(C(=O)O)cc1. The molecule has 2 aromatic rings. The Kier molecular flexibility index (Phi) is 4.76. The largest absolute Gasteiger partial charge is 0.478 e. The second-order valence-electron chi connectivity index (χ2n) is 5.45. The summed E-state index contributed by atoms with van der Waals surface area (Å²) in [6.45, 7) is 5.10. The number of nitrogens with zero attached hydrogens (tertiary/aromatic N) is 1. The van der Waals surface area contributed by atoms with Gasteiger partial charge in [-0.3, -0.25) is 4.90 Å². The van der Waals surface area contributed by atoms with Crippen LogP contribution in [0.15, 0.2) is 48.5 Å². The molecule has 0 saturated heterocycles. The summed E-state index contributed by atoms with van der Waals surface area (Å²) in [6, 6.07) is 15.8. The standard InChI is InChI=1S/C18H21NO2/c1-13-6-4-5-7-17(13)14(2)19(3)12-15-8-10-16(11-9-15)18(20)21/h4-11,14H,12H2,1-3H3,(H,20,21). The van der Waals surface area contributed by atoms with E-state index in [0.717, 1.165) is 12.1 Å². The molecule has 0 aliphatic heterocycles. The van der Waals surface area contributed by atoms with E-state index in [1.165, 1.54) is 11.1 Å². The first-order valence-corrected chi connectivity index (χ1v) is 7.07. The lowest BCUT2D eigenvalue weighted by Crippen LogP contribution is -2.22. The molecular weight excluding hydrogens is 262 g/mol. The Morgan fingerprint density at radius 1 is 1.14 bits per heavy atom. The summed E-state index contributed by atoms with van der Waals surface area (Å²) in [5.41, 5.74) is 4.05. The van der Waals surface area contributed by atoms with Crippen LogP contribution in [0.4, 0.5) is 0 Å². The molecule has 0 bridgehead atoms. The third-order valence-corrected chi connectivity index (χ3v) is 3.93. The first kappa shape index (κ1) is 15.3. The Morgan fingerprint density at radius 3 is 2.33 bits per heavy atom. The molecule has 2 aromatic carbocycles. The molecule has 1 N–H and O–H groups in total. The van der Waals surface area contributed by atoms with Crippen LogP contribution >= 0.6 is 0 Å². The summed E-state index contributed by atoms with van der Waals surface area (Å²) in [6.07, 6.45) is 0. The van der Waals surface area contributed by atoms with Gasteiger partial charge in [0.2, 0.25) is 0 Å². The summed E-state index contributed by atoms with van der Waals surface area (Å²) < 4.78 is 0. The fourth-order valence-corrected chi connectivity index (χ4v) is 2.47. The van der Waals surface area contributed by atoms with Crippen LogP contribution in [-0.2, 0) is 6.54 Å². The van der Waals surface area contributed by atoms with Crippen molar-refractivity contribution < 1.29 is 9.90 Å². The van der Waals surface area contributed by atoms with Gasteiger partial charge in [-0.15, -0.1) is 0 Å². The summed E-state index contributed by atoms with van der Waals surface area (Å²) >= 11 is 0. The molecule has 1 unspecified atom stereocenters. The van der Waals surface area contributed by atoms with Crippen LogP contribution in [0.3, 0.4) is 0 Å².